The van der Waals surface area contributed by atoms with Crippen LogP contribution >= 0.6 is 10.7 Å². The Balaban J connectivity index is 2.11. The highest BCUT2D eigenvalue weighted by Crippen LogP contribution is 2.36. The molecule has 0 aromatic heterocycles. The first-order chi connectivity index (χ1) is 9.93. The van der Waals surface area contributed by atoms with E-state index in [1.807, 2.05) is 6.92 Å². The number of fused-ring (bicyclic) bond motifs is 1. The summed E-state index contributed by atoms with van der Waals surface area (Å²) in [5.41, 5.74) is 0.533. The SMILES string of the molecule is CCOCCNC(=O)C1COc2ccc(S(=O)(=O)Cl)cc21. The van der Waals surface area contributed by atoms with Crippen LogP contribution in [-0.2, 0) is 18.6 Å². The van der Waals surface area contributed by atoms with Crippen molar-refractivity contribution >= 4 is 25.6 Å². The van der Waals surface area contributed by atoms with E-state index in [1.165, 1.54) is 18.2 Å². The van der Waals surface area contributed by atoms with Gasteiger partial charge in [0.2, 0.25) is 5.91 Å². The minimum atomic E-state index is -3.83. The van der Waals surface area contributed by atoms with Crippen LogP contribution in [0.3, 0.4) is 0 Å². The lowest BCUT2D eigenvalue weighted by atomic mass is 10.0. The number of amides is 1. The third-order valence-corrected chi connectivity index (χ3v) is 4.46. The van der Waals surface area contributed by atoms with Crippen molar-refractivity contribution in [3.05, 3.63) is 23.8 Å². The van der Waals surface area contributed by atoms with Crippen molar-refractivity contribution in [2.24, 2.45) is 0 Å². The Hall–Kier alpha value is -1.31. The number of rotatable bonds is 6. The molecule has 2 rings (SSSR count). The molecule has 1 aliphatic rings. The summed E-state index contributed by atoms with van der Waals surface area (Å²) in [6.07, 6.45) is 0. The predicted molar refractivity (Wildman–Crippen MR) is 77.2 cm³/mol. The van der Waals surface area contributed by atoms with Gasteiger partial charge in [-0.05, 0) is 25.1 Å². The zero-order valence-corrected chi connectivity index (χ0v) is 13.0. The van der Waals surface area contributed by atoms with Crippen LogP contribution in [0.15, 0.2) is 23.1 Å². The highest BCUT2D eigenvalue weighted by Gasteiger charge is 2.31. The first-order valence-electron chi connectivity index (χ1n) is 6.50. The molecule has 21 heavy (non-hydrogen) atoms. The Morgan fingerprint density at radius 1 is 1.52 bits per heavy atom. The van der Waals surface area contributed by atoms with Crippen LogP contribution in [-0.4, -0.2) is 40.7 Å². The molecular formula is C13H16ClNO5S. The molecule has 0 aliphatic carbocycles. The largest absolute Gasteiger partial charge is 0.492 e. The summed E-state index contributed by atoms with van der Waals surface area (Å²) in [6, 6.07) is 4.26. The third-order valence-electron chi connectivity index (χ3n) is 3.11. The zero-order chi connectivity index (χ0) is 15.5. The second-order valence-corrected chi connectivity index (χ2v) is 7.05. The number of halogens is 1. The van der Waals surface area contributed by atoms with Gasteiger partial charge in [-0.3, -0.25) is 4.79 Å². The van der Waals surface area contributed by atoms with Crippen molar-refractivity contribution in [3.63, 3.8) is 0 Å². The molecule has 0 radical (unpaired) electrons. The van der Waals surface area contributed by atoms with Gasteiger partial charge in [0.05, 0.1) is 11.5 Å². The lowest BCUT2D eigenvalue weighted by molar-refractivity contribution is -0.123. The number of benzene rings is 1. The molecule has 1 aliphatic heterocycles. The van der Waals surface area contributed by atoms with Crippen molar-refractivity contribution in [2.45, 2.75) is 17.7 Å². The summed E-state index contributed by atoms with van der Waals surface area (Å²) in [4.78, 5) is 12.1. The number of hydrogen-bond acceptors (Lipinski definition) is 5. The molecular weight excluding hydrogens is 318 g/mol. The molecule has 1 aromatic carbocycles. The monoisotopic (exact) mass is 333 g/mol. The van der Waals surface area contributed by atoms with E-state index in [0.29, 0.717) is 31.1 Å². The summed E-state index contributed by atoms with van der Waals surface area (Å²) < 4.78 is 33.3. The quantitative estimate of drug-likeness (QED) is 0.625. The minimum absolute atomic E-state index is 0.0412. The number of carbonyl (C=O) groups excluding carboxylic acids is 1. The maximum atomic E-state index is 12.1. The van der Waals surface area contributed by atoms with E-state index < -0.39 is 15.0 Å². The first-order valence-corrected chi connectivity index (χ1v) is 8.81. The number of hydrogen-bond donors (Lipinski definition) is 1. The smallest absolute Gasteiger partial charge is 0.261 e. The van der Waals surface area contributed by atoms with Crippen molar-refractivity contribution in [2.75, 3.05) is 26.4 Å². The average molecular weight is 334 g/mol. The highest BCUT2D eigenvalue weighted by atomic mass is 35.7. The maximum absolute atomic E-state index is 12.1. The van der Waals surface area contributed by atoms with Crippen molar-refractivity contribution in [1.29, 1.82) is 0 Å². The van der Waals surface area contributed by atoms with Gasteiger partial charge in [0.25, 0.3) is 9.05 Å². The van der Waals surface area contributed by atoms with E-state index in [2.05, 4.69) is 5.32 Å². The zero-order valence-electron chi connectivity index (χ0n) is 11.5. The van der Waals surface area contributed by atoms with E-state index in [9.17, 15) is 13.2 Å². The van der Waals surface area contributed by atoms with Gasteiger partial charge in [-0.2, -0.15) is 0 Å². The van der Waals surface area contributed by atoms with Crippen LogP contribution in [0, 0.1) is 0 Å². The second kappa shape index (κ2) is 6.64. The highest BCUT2D eigenvalue weighted by molar-refractivity contribution is 8.13. The van der Waals surface area contributed by atoms with Crippen LogP contribution in [0.25, 0.3) is 0 Å². The summed E-state index contributed by atoms with van der Waals surface area (Å²) in [6.45, 7) is 3.46. The van der Waals surface area contributed by atoms with Crippen molar-refractivity contribution < 1.29 is 22.7 Å². The first kappa shape index (κ1) is 16.1. The van der Waals surface area contributed by atoms with Crippen molar-refractivity contribution in [1.82, 2.24) is 5.32 Å². The van der Waals surface area contributed by atoms with Crippen LogP contribution in [0.4, 0.5) is 0 Å². The van der Waals surface area contributed by atoms with Gasteiger partial charge >= 0.3 is 0 Å². The molecule has 0 saturated carbocycles. The average Bonchev–Trinajstić information content (AvgIpc) is 2.85. The van der Waals surface area contributed by atoms with E-state index >= 15 is 0 Å². The van der Waals surface area contributed by atoms with Gasteiger partial charge < -0.3 is 14.8 Å². The standard InChI is InChI=1S/C13H16ClNO5S/c1-2-19-6-5-15-13(16)11-8-20-12-4-3-9(7-10(11)12)21(14,17)18/h3-4,7,11H,2,5-6,8H2,1H3,(H,15,16). The lowest BCUT2D eigenvalue weighted by Gasteiger charge is -2.10. The summed E-state index contributed by atoms with van der Waals surface area (Å²) in [7, 11) is 1.49. The Morgan fingerprint density at radius 3 is 2.95 bits per heavy atom. The molecule has 1 amide bonds. The Kier molecular flexibility index (Phi) is 5.08. The second-order valence-electron chi connectivity index (χ2n) is 4.49. The Labute approximate surface area is 127 Å². The molecule has 0 spiro atoms. The maximum Gasteiger partial charge on any atom is 0.261 e. The molecule has 0 bridgehead atoms. The molecule has 116 valence electrons. The van der Waals surface area contributed by atoms with Crippen LogP contribution in [0.2, 0.25) is 0 Å². The molecule has 1 aromatic rings. The van der Waals surface area contributed by atoms with Gasteiger partial charge in [0, 0.05) is 29.4 Å². The summed E-state index contributed by atoms with van der Waals surface area (Å²) in [5.74, 6) is -0.262. The van der Waals surface area contributed by atoms with Gasteiger partial charge in [-0.1, -0.05) is 0 Å². The molecule has 1 heterocycles. The number of carbonyl (C=O) groups is 1. The number of nitrogens with one attached hydrogen (secondary N) is 1. The molecule has 1 atom stereocenters. The summed E-state index contributed by atoms with van der Waals surface area (Å²) >= 11 is 0. The van der Waals surface area contributed by atoms with E-state index in [0.717, 1.165) is 0 Å². The molecule has 6 nitrogen and oxygen atoms in total. The van der Waals surface area contributed by atoms with Crippen LogP contribution in [0.5, 0.6) is 5.75 Å². The Morgan fingerprint density at radius 2 is 2.29 bits per heavy atom. The predicted octanol–water partition coefficient (Wildman–Crippen LogP) is 1.24. The topological polar surface area (TPSA) is 81.7 Å². The van der Waals surface area contributed by atoms with E-state index in [-0.39, 0.29) is 17.4 Å². The summed E-state index contributed by atoms with van der Waals surface area (Å²) in [5, 5.41) is 2.73. The van der Waals surface area contributed by atoms with E-state index in [1.54, 1.807) is 0 Å². The van der Waals surface area contributed by atoms with Gasteiger partial charge in [-0.15, -0.1) is 0 Å². The Bertz CT molecular complexity index is 631. The van der Waals surface area contributed by atoms with Gasteiger partial charge in [0.1, 0.15) is 18.3 Å². The lowest BCUT2D eigenvalue weighted by Crippen LogP contribution is -2.32. The third kappa shape index (κ3) is 3.87. The van der Waals surface area contributed by atoms with Crippen LogP contribution < -0.4 is 10.1 Å². The minimum Gasteiger partial charge on any atom is -0.492 e. The van der Waals surface area contributed by atoms with E-state index in [4.69, 9.17) is 20.2 Å². The molecule has 1 N–H and O–H groups in total. The van der Waals surface area contributed by atoms with Crippen molar-refractivity contribution in [3.8, 4) is 5.75 Å². The van der Waals surface area contributed by atoms with Gasteiger partial charge in [-0.25, -0.2) is 8.42 Å². The fourth-order valence-corrected chi connectivity index (χ4v) is 2.86. The normalized spacial score (nSPS) is 17.1. The van der Waals surface area contributed by atoms with Gasteiger partial charge in [0.15, 0.2) is 0 Å². The molecule has 1 unspecified atom stereocenters. The fourth-order valence-electron chi connectivity index (χ4n) is 2.08. The fraction of sp³-hybridized carbons (Fsp3) is 0.462. The van der Waals surface area contributed by atoms with Crippen LogP contribution in [0.1, 0.15) is 18.4 Å². The molecule has 0 saturated heterocycles. The molecule has 0 fully saturated rings. The molecule has 8 heteroatoms. The number of ether oxygens (including phenoxy) is 2.